The predicted octanol–water partition coefficient (Wildman–Crippen LogP) is 6.98. The molecule has 38 heavy (non-hydrogen) atoms. The summed E-state index contributed by atoms with van der Waals surface area (Å²) < 4.78 is 10.6. The van der Waals surface area contributed by atoms with Crippen LogP contribution in [0.3, 0.4) is 0 Å². The fraction of sp³-hybridized carbons (Fsp3) is 0.207. The van der Waals surface area contributed by atoms with Crippen LogP contribution in [0, 0.1) is 0 Å². The highest BCUT2D eigenvalue weighted by Gasteiger charge is 2.20. The molecule has 0 saturated heterocycles. The number of methoxy groups -OCH3 is 1. The number of anilines is 2. The Balaban J connectivity index is 1.37. The van der Waals surface area contributed by atoms with E-state index >= 15 is 0 Å². The van der Waals surface area contributed by atoms with Crippen molar-refractivity contribution in [1.82, 2.24) is 4.98 Å². The number of aromatic nitrogens is 1. The quantitative estimate of drug-likeness (QED) is 0.197. The van der Waals surface area contributed by atoms with Crippen LogP contribution in [0.2, 0.25) is 0 Å². The fourth-order valence-electron chi connectivity index (χ4n) is 3.62. The van der Waals surface area contributed by atoms with Crippen LogP contribution in [0.5, 0.6) is 11.5 Å². The van der Waals surface area contributed by atoms with Crippen molar-refractivity contribution >= 4 is 45.7 Å². The fourth-order valence-corrected chi connectivity index (χ4v) is 5.35. The summed E-state index contributed by atoms with van der Waals surface area (Å²) in [5.41, 5.74) is 2.95. The molecule has 0 aliphatic carbocycles. The molecule has 0 saturated carbocycles. The summed E-state index contributed by atoms with van der Waals surface area (Å²) in [6, 6.07) is 22.1. The number of carbonyl (C=O) groups is 2. The molecular weight excluding hydrogens is 518 g/mol. The summed E-state index contributed by atoms with van der Waals surface area (Å²) in [5, 5.41) is 8.03. The van der Waals surface area contributed by atoms with Gasteiger partial charge in [0.2, 0.25) is 5.91 Å². The zero-order valence-electron chi connectivity index (χ0n) is 21.4. The Morgan fingerprint density at radius 3 is 2.39 bits per heavy atom. The van der Waals surface area contributed by atoms with Crippen molar-refractivity contribution in [2.45, 2.75) is 30.4 Å². The Hall–Kier alpha value is -3.82. The SMILES string of the molecule is CCOc1ccc(-c2csc(NC(=O)C(CC)Sc3cccc(NC(=O)c4ccc(OC)cc4)c3)n2)cc1. The second-order valence-corrected chi connectivity index (χ2v) is 10.3. The summed E-state index contributed by atoms with van der Waals surface area (Å²) in [5.74, 6) is 1.17. The molecule has 9 heteroatoms. The molecule has 1 atom stereocenters. The van der Waals surface area contributed by atoms with E-state index in [1.54, 1.807) is 31.4 Å². The van der Waals surface area contributed by atoms with Crippen molar-refractivity contribution in [3.05, 3.63) is 83.7 Å². The number of benzene rings is 3. The number of amides is 2. The lowest BCUT2D eigenvalue weighted by atomic mass is 10.2. The van der Waals surface area contributed by atoms with E-state index in [1.165, 1.54) is 23.1 Å². The van der Waals surface area contributed by atoms with Gasteiger partial charge in [0, 0.05) is 27.1 Å². The third kappa shape index (κ3) is 7.14. The molecular formula is C29H29N3O4S2. The summed E-state index contributed by atoms with van der Waals surface area (Å²) in [7, 11) is 1.58. The van der Waals surface area contributed by atoms with Crippen LogP contribution in [0.4, 0.5) is 10.8 Å². The van der Waals surface area contributed by atoms with Crippen LogP contribution in [0.1, 0.15) is 30.6 Å². The number of nitrogens with zero attached hydrogens (tertiary/aromatic N) is 1. The number of hydrogen-bond donors (Lipinski definition) is 2. The van der Waals surface area contributed by atoms with E-state index in [1.807, 2.05) is 67.8 Å². The van der Waals surface area contributed by atoms with Crippen molar-refractivity contribution in [2.24, 2.45) is 0 Å². The van der Waals surface area contributed by atoms with Gasteiger partial charge in [0.05, 0.1) is 24.7 Å². The Bertz CT molecular complexity index is 1370. The molecule has 3 aromatic carbocycles. The first-order valence-electron chi connectivity index (χ1n) is 12.2. The largest absolute Gasteiger partial charge is 0.497 e. The third-order valence-corrected chi connectivity index (χ3v) is 7.70. The first-order valence-corrected chi connectivity index (χ1v) is 14.0. The minimum absolute atomic E-state index is 0.113. The smallest absolute Gasteiger partial charge is 0.255 e. The van der Waals surface area contributed by atoms with Gasteiger partial charge < -0.3 is 20.1 Å². The first kappa shape index (κ1) is 27.2. The zero-order chi connectivity index (χ0) is 26.9. The van der Waals surface area contributed by atoms with Crippen LogP contribution in [-0.4, -0.2) is 35.8 Å². The summed E-state index contributed by atoms with van der Waals surface area (Å²) in [4.78, 5) is 31.1. The van der Waals surface area contributed by atoms with Crippen molar-refractivity contribution in [1.29, 1.82) is 0 Å². The van der Waals surface area contributed by atoms with E-state index in [4.69, 9.17) is 9.47 Å². The third-order valence-electron chi connectivity index (χ3n) is 5.58. The van der Waals surface area contributed by atoms with E-state index in [-0.39, 0.29) is 17.1 Å². The average Bonchev–Trinajstić information content (AvgIpc) is 3.41. The maximum Gasteiger partial charge on any atom is 0.255 e. The second-order valence-electron chi connectivity index (χ2n) is 8.21. The van der Waals surface area contributed by atoms with E-state index in [9.17, 15) is 9.59 Å². The van der Waals surface area contributed by atoms with Crippen molar-refractivity contribution in [3.8, 4) is 22.8 Å². The van der Waals surface area contributed by atoms with Gasteiger partial charge in [-0.25, -0.2) is 4.98 Å². The standard InChI is InChI=1S/C29H29N3O4S2/c1-4-26(28(34)32-29-31-25(18-37-29)19-9-15-23(16-10-19)36-5-2)38-24-8-6-7-21(17-24)30-27(33)20-11-13-22(35-3)14-12-20/h6-18,26H,4-5H2,1-3H3,(H,30,33)(H,31,32,34). The number of ether oxygens (including phenoxy) is 2. The van der Waals surface area contributed by atoms with Crippen LogP contribution < -0.4 is 20.1 Å². The number of thiazole rings is 1. The minimum atomic E-state index is -0.319. The summed E-state index contributed by atoms with van der Waals surface area (Å²) in [6.07, 6.45) is 0.635. The number of carbonyl (C=O) groups excluding carboxylic acids is 2. The van der Waals surface area contributed by atoms with Crippen LogP contribution >= 0.6 is 23.1 Å². The van der Waals surface area contributed by atoms with Gasteiger partial charge in [0.25, 0.3) is 5.91 Å². The Kier molecular flexibility index (Phi) is 9.40. The Morgan fingerprint density at radius 2 is 1.71 bits per heavy atom. The summed E-state index contributed by atoms with van der Waals surface area (Å²) >= 11 is 2.84. The van der Waals surface area contributed by atoms with Crippen LogP contribution in [0.15, 0.2) is 83.1 Å². The molecule has 7 nitrogen and oxygen atoms in total. The molecule has 2 N–H and O–H groups in total. The number of thioether (sulfide) groups is 1. The van der Waals surface area contributed by atoms with E-state index in [0.717, 1.165) is 21.9 Å². The maximum atomic E-state index is 13.0. The van der Waals surface area contributed by atoms with Gasteiger partial charge in [-0.05, 0) is 80.1 Å². The predicted molar refractivity (Wildman–Crippen MR) is 155 cm³/mol. The maximum absolute atomic E-state index is 13.0. The molecule has 1 aromatic heterocycles. The molecule has 0 bridgehead atoms. The van der Waals surface area contributed by atoms with Gasteiger partial charge in [-0.2, -0.15) is 0 Å². The molecule has 0 radical (unpaired) electrons. The number of hydrogen-bond acceptors (Lipinski definition) is 7. The zero-order valence-corrected chi connectivity index (χ0v) is 23.0. The minimum Gasteiger partial charge on any atom is -0.497 e. The Labute approximate surface area is 230 Å². The Morgan fingerprint density at radius 1 is 0.974 bits per heavy atom. The highest BCUT2D eigenvalue weighted by molar-refractivity contribution is 8.00. The highest BCUT2D eigenvalue weighted by atomic mass is 32.2. The lowest BCUT2D eigenvalue weighted by Gasteiger charge is -2.14. The monoisotopic (exact) mass is 547 g/mol. The van der Waals surface area contributed by atoms with Crippen molar-refractivity contribution in [3.63, 3.8) is 0 Å². The van der Waals surface area contributed by atoms with Crippen molar-refractivity contribution in [2.75, 3.05) is 24.4 Å². The first-order chi connectivity index (χ1) is 18.5. The van der Waals surface area contributed by atoms with Crippen LogP contribution in [0.25, 0.3) is 11.3 Å². The topological polar surface area (TPSA) is 89.6 Å². The van der Waals surface area contributed by atoms with E-state index < -0.39 is 0 Å². The van der Waals surface area contributed by atoms with Gasteiger partial charge in [-0.3, -0.25) is 9.59 Å². The van der Waals surface area contributed by atoms with Gasteiger partial charge in [0.15, 0.2) is 5.13 Å². The molecule has 4 rings (SSSR count). The molecule has 0 aliphatic rings. The second kappa shape index (κ2) is 13.1. The van der Waals surface area contributed by atoms with Gasteiger partial charge in [0.1, 0.15) is 11.5 Å². The molecule has 1 heterocycles. The number of nitrogens with one attached hydrogen (secondary N) is 2. The highest BCUT2D eigenvalue weighted by Crippen LogP contribution is 2.31. The normalized spacial score (nSPS) is 11.4. The van der Waals surface area contributed by atoms with Gasteiger partial charge in [-0.1, -0.05) is 13.0 Å². The molecule has 0 spiro atoms. The molecule has 4 aromatic rings. The molecule has 1 unspecified atom stereocenters. The average molecular weight is 548 g/mol. The summed E-state index contributed by atoms with van der Waals surface area (Å²) in [6.45, 7) is 4.54. The molecule has 0 aliphatic heterocycles. The molecule has 0 fully saturated rings. The van der Waals surface area contributed by atoms with Gasteiger partial charge >= 0.3 is 0 Å². The van der Waals surface area contributed by atoms with Gasteiger partial charge in [-0.15, -0.1) is 23.1 Å². The number of rotatable bonds is 11. The lowest BCUT2D eigenvalue weighted by molar-refractivity contribution is -0.115. The lowest BCUT2D eigenvalue weighted by Crippen LogP contribution is -2.24. The molecule has 196 valence electrons. The molecule has 2 amide bonds. The van der Waals surface area contributed by atoms with Crippen LogP contribution in [-0.2, 0) is 4.79 Å². The van der Waals surface area contributed by atoms with Crippen molar-refractivity contribution < 1.29 is 19.1 Å². The van der Waals surface area contributed by atoms with E-state index in [2.05, 4.69) is 15.6 Å². The van der Waals surface area contributed by atoms with E-state index in [0.29, 0.717) is 35.2 Å².